The zero-order chi connectivity index (χ0) is 14.8. The van der Waals surface area contributed by atoms with Crippen molar-refractivity contribution in [2.45, 2.75) is 39.0 Å². The maximum atomic E-state index is 6.28. The first kappa shape index (κ1) is 15.1. The van der Waals surface area contributed by atoms with E-state index in [0.717, 1.165) is 22.8 Å². The van der Waals surface area contributed by atoms with Crippen molar-refractivity contribution in [1.29, 1.82) is 0 Å². The standard InChI is InChI=1S/C15H16Cl2N2OS/c1-9-19-13(8-21-9)7-20-15-10(6-18-12-2-3-12)4-11(16)5-14(15)17/h4-5,8,12,18H,2-3,6-7H2,1H3. The van der Waals surface area contributed by atoms with Gasteiger partial charge in [-0.3, -0.25) is 0 Å². The van der Waals surface area contributed by atoms with Gasteiger partial charge in [0.05, 0.1) is 15.7 Å². The summed E-state index contributed by atoms with van der Waals surface area (Å²) in [4.78, 5) is 4.40. The molecule has 1 heterocycles. The summed E-state index contributed by atoms with van der Waals surface area (Å²) < 4.78 is 5.89. The predicted molar refractivity (Wildman–Crippen MR) is 87.5 cm³/mol. The van der Waals surface area contributed by atoms with Crippen LogP contribution in [0.3, 0.4) is 0 Å². The number of rotatable bonds is 6. The highest BCUT2D eigenvalue weighted by Crippen LogP contribution is 2.33. The normalized spacial score (nSPS) is 14.4. The Hall–Kier alpha value is -0.810. The molecule has 1 aromatic carbocycles. The molecule has 0 bridgehead atoms. The largest absolute Gasteiger partial charge is 0.485 e. The molecule has 0 atom stereocenters. The van der Waals surface area contributed by atoms with Crippen LogP contribution in [-0.4, -0.2) is 11.0 Å². The van der Waals surface area contributed by atoms with Crippen molar-refractivity contribution < 1.29 is 4.74 Å². The van der Waals surface area contributed by atoms with Crippen LogP contribution in [0.1, 0.15) is 29.1 Å². The zero-order valence-electron chi connectivity index (χ0n) is 11.7. The number of aromatic nitrogens is 1. The van der Waals surface area contributed by atoms with E-state index in [0.29, 0.717) is 28.4 Å². The number of thiazole rings is 1. The van der Waals surface area contributed by atoms with E-state index < -0.39 is 0 Å². The average molecular weight is 343 g/mol. The number of benzene rings is 1. The van der Waals surface area contributed by atoms with E-state index >= 15 is 0 Å². The number of hydrogen-bond donors (Lipinski definition) is 1. The van der Waals surface area contributed by atoms with Crippen molar-refractivity contribution in [2.24, 2.45) is 0 Å². The monoisotopic (exact) mass is 342 g/mol. The first-order valence-corrected chi connectivity index (χ1v) is 8.50. The molecule has 6 heteroatoms. The maximum absolute atomic E-state index is 6.28. The van der Waals surface area contributed by atoms with Gasteiger partial charge in [0, 0.05) is 28.6 Å². The van der Waals surface area contributed by atoms with Crippen LogP contribution in [0, 0.1) is 6.92 Å². The molecule has 0 saturated heterocycles. The summed E-state index contributed by atoms with van der Waals surface area (Å²) in [6, 6.07) is 4.24. The first-order valence-electron chi connectivity index (χ1n) is 6.87. The molecule has 1 fully saturated rings. The summed E-state index contributed by atoms with van der Waals surface area (Å²) in [6.07, 6.45) is 2.48. The fourth-order valence-electron chi connectivity index (χ4n) is 2.07. The molecule has 1 aromatic heterocycles. The molecule has 3 rings (SSSR count). The van der Waals surface area contributed by atoms with Gasteiger partial charge in [0.1, 0.15) is 12.4 Å². The van der Waals surface area contributed by atoms with E-state index in [-0.39, 0.29) is 0 Å². The minimum atomic E-state index is 0.419. The fourth-order valence-corrected chi connectivity index (χ4v) is 3.26. The third-order valence-electron chi connectivity index (χ3n) is 3.27. The number of nitrogens with one attached hydrogen (secondary N) is 1. The van der Waals surface area contributed by atoms with Crippen LogP contribution >= 0.6 is 34.5 Å². The number of nitrogens with zero attached hydrogens (tertiary/aromatic N) is 1. The van der Waals surface area contributed by atoms with Gasteiger partial charge in [0.15, 0.2) is 0 Å². The topological polar surface area (TPSA) is 34.1 Å². The van der Waals surface area contributed by atoms with Gasteiger partial charge in [0.2, 0.25) is 0 Å². The molecule has 0 unspecified atom stereocenters. The lowest BCUT2D eigenvalue weighted by Crippen LogP contribution is -2.16. The van der Waals surface area contributed by atoms with E-state index in [1.165, 1.54) is 12.8 Å². The molecule has 1 aliphatic rings. The van der Waals surface area contributed by atoms with Gasteiger partial charge in [-0.2, -0.15) is 0 Å². The summed E-state index contributed by atoms with van der Waals surface area (Å²) in [5.74, 6) is 0.694. The fraction of sp³-hybridized carbons (Fsp3) is 0.400. The summed E-state index contributed by atoms with van der Waals surface area (Å²) in [5, 5.41) is 7.67. The van der Waals surface area contributed by atoms with Crippen LogP contribution in [0.4, 0.5) is 0 Å². The minimum absolute atomic E-state index is 0.419. The molecular weight excluding hydrogens is 327 g/mol. The summed E-state index contributed by atoms with van der Waals surface area (Å²) >= 11 is 14.0. The quantitative estimate of drug-likeness (QED) is 0.833. The molecule has 3 nitrogen and oxygen atoms in total. The maximum Gasteiger partial charge on any atom is 0.143 e. The molecule has 0 amide bonds. The SMILES string of the molecule is Cc1nc(COc2c(Cl)cc(Cl)cc2CNC2CC2)cs1. The van der Waals surface area contributed by atoms with Crippen molar-refractivity contribution in [2.75, 3.05) is 0 Å². The van der Waals surface area contributed by atoms with Crippen LogP contribution in [0.15, 0.2) is 17.5 Å². The third-order valence-corrected chi connectivity index (χ3v) is 4.60. The Morgan fingerprint density at radius 1 is 1.38 bits per heavy atom. The molecular formula is C15H16Cl2N2OS. The van der Waals surface area contributed by atoms with E-state index in [1.54, 1.807) is 17.4 Å². The van der Waals surface area contributed by atoms with Gasteiger partial charge in [-0.1, -0.05) is 23.2 Å². The van der Waals surface area contributed by atoms with E-state index in [4.69, 9.17) is 27.9 Å². The Bertz CT molecular complexity index is 641. The highest BCUT2D eigenvalue weighted by atomic mass is 35.5. The number of hydrogen-bond acceptors (Lipinski definition) is 4. The molecule has 0 aliphatic heterocycles. The van der Waals surface area contributed by atoms with Gasteiger partial charge in [0.25, 0.3) is 0 Å². The van der Waals surface area contributed by atoms with Crippen LogP contribution in [-0.2, 0) is 13.2 Å². The lowest BCUT2D eigenvalue weighted by atomic mass is 10.2. The van der Waals surface area contributed by atoms with Gasteiger partial charge in [-0.15, -0.1) is 11.3 Å². The lowest BCUT2D eigenvalue weighted by Gasteiger charge is -2.14. The summed E-state index contributed by atoms with van der Waals surface area (Å²) in [5.41, 5.74) is 1.91. The summed E-state index contributed by atoms with van der Waals surface area (Å²) in [7, 11) is 0. The summed E-state index contributed by atoms with van der Waals surface area (Å²) in [6.45, 7) is 3.12. The number of ether oxygens (including phenoxy) is 1. The second-order valence-corrected chi connectivity index (χ2v) is 7.08. The zero-order valence-corrected chi connectivity index (χ0v) is 14.0. The molecule has 0 spiro atoms. The predicted octanol–water partition coefficient (Wildman–Crippen LogP) is 4.59. The van der Waals surface area contributed by atoms with Crippen LogP contribution < -0.4 is 10.1 Å². The van der Waals surface area contributed by atoms with Gasteiger partial charge in [-0.05, 0) is 31.9 Å². The Morgan fingerprint density at radius 2 is 2.19 bits per heavy atom. The molecule has 21 heavy (non-hydrogen) atoms. The molecule has 0 radical (unpaired) electrons. The number of halogens is 2. The van der Waals surface area contributed by atoms with Crippen molar-refractivity contribution in [1.82, 2.24) is 10.3 Å². The number of aryl methyl sites for hydroxylation is 1. The van der Waals surface area contributed by atoms with E-state index in [1.807, 2.05) is 18.4 Å². The Labute approximate surface area is 138 Å². The van der Waals surface area contributed by atoms with E-state index in [2.05, 4.69) is 10.3 Å². The van der Waals surface area contributed by atoms with Gasteiger partial charge in [-0.25, -0.2) is 4.98 Å². The Kier molecular flexibility index (Phi) is 4.69. The van der Waals surface area contributed by atoms with Crippen molar-refractivity contribution >= 4 is 34.5 Å². The third kappa shape index (κ3) is 4.10. The molecule has 2 aromatic rings. The highest BCUT2D eigenvalue weighted by molar-refractivity contribution is 7.09. The molecule has 1 saturated carbocycles. The van der Waals surface area contributed by atoms with Crippen molar-refractivity contribution in [3.8, 4) is 5.75 Å². The highest BCUT2D eigenvalue weighted by Gasteiger charge is 2.21. The minimum Gasteiger partial charge on any atom is -0.485 e. The smallest absolute Gasteiger partial charge is 0.143 e. The second-order valence-electron chi connectivity index (χ2n) is 5.18. The molecule has 1 aliphatic carbocycles. The lowest BCUT2D eigenvalue weighted by molar-refractivity contribution is 0.298. The average Bonchev–Trinajstić information content (AvgIpc) is 3.17. The van der Waals surface area contributed by atoms with Crippen LogP contribution in [0.2, 0.25) is 10.0 Å². The molecule has 112 valence electrons. The van der Waals surface area contributed by atoms with Crippen LogP contribution in [0.25, 0.3) is 0 Å². The van der Waals surface area contributed by atoms with Crippen LogP contribution in [0.5, 0.6) is 5.75 Å². The van der Waals surface area contributed by atoms with Gasteiger partial charge >= 0.3 is 0 Å². The first-order chi connectivity index (χ1) is 10.1. The van der Waals surface area contributed by atoms with Gasteiger partial charge < -0.3 is 10.1 Å². The van der Waals surface area contributed by atoms with E-state index in [9.17, 15) is 0 Å². The van der Waals surface area contributed by atoms with Crippen molar-refractivity contribution in [3.05, 3.63) is 43.8 Å². The Balaban J connectivity index is 1.74. The Morgan fingerprint density at radius 3 is 2.86 bits per heavy atom. The molecule has 1 N–H and O–H groups in total. The second kappa shape index (κ2) is 6.53. The van der Waals surface area contributed by atoms with Crippen molar-refractivity contribution in [3.63, 3.8) is 0 Å².